The Morgan fingerprint density at radius 2 is 2.00 bits per heavy atom. The van der Waals surface area contributed by atoms with Gasteiger partial charge in [-0.3, -0.25) is 0 Å². The quantitative estimate of drug-likeness (QED) is 0.898. The number of methoxy groups -OCH3 is 1. The zero-order valence-electron chi connectivity index (χ0n) is 10.5. The number of ether oxygens (including phenoxy) is 2. The maximum atomic E-state index is 5.66. The lowest BCUT2D eigenvalue weighted by Crippen LogP contribution is -1.95. The third-order valence-electron chi connectivity index (χ3n) is 2.60. The van der Waals surface area contributed by atoms with Crippen LogP contribution in [0.1, 0.15) is 12.5 Å². The second kappa shape index (κ2) is 5.40. The number of nitrogens with zero attached hydrogens (tertiary/aromatic N) is 1. The number of hydrogen-bond acceptors (Lipinski definition) is 4. The van der Waals surface area contributed by atoms with Crippen LogP contribution < -0.4 is 15.2 Å². The first-order valence-electron chi connectivity index (χ1n) is 5.80. The first kappa shape index (κ1) is 12.2. The first-order chi connectivity index (χ1) is 8.72. The summed E-state index contributed by atoms with van der Waals surface area (Å²) in [5.41, 5.74) is 6.80. The molecule has 0 unspecified atom stereocenters. The maximum absolute atomic E-state index is 5.66. The van der Waals surface area contributed by atoms with Gasteiger partial charge in [0.1, 0.15) is 5.82 Å². The molecule has 0 atom stereocenters. The number of nitrogens with two attached hydrogens (primary N) is 1. The van der Waals surface area contributed by atoms with E-state index in [-0.39, 0.29) is 0 Å². The van der Waals surface area contributed by atoms with Crippen molar-refractivity contribution in [1.82, 2.24) is 4.98 Å². The van der Waals surface area contributed by atoms with Crippen molar-refractivity contribution >= 4 is 5.82 Å². The van der Waals surface area contributed by atoms with Crippen molar-refractivity contribution in [3.63, 3.8) is 0 Å². The molecular formula is C14H16N2O2. The third kappa shape index (κ3) is 2.71. The van der Waals surface area contributed by atoms with E-state index in [1.807, 2.05) is 18.2 Å². The summed E-state index contributed by atoms with van der Waals surface area (Å²) in [5, 5.41) is 0. The highest BCUT2D eigenvalue weighted by atomic mass is 16.5. The summed E-state index contributed by atoms with van der Waals surface area (Å²) >= 11 is 0. The van der Waals surface area contributed by atoms with E-state index < -0.39 is 0 Å². The number of anilines is 1. The predicted molar refractivity (Wildman–Crippen MR) is 71.1 cm³/mol. The second-order valence-corrected chi connectivity index (χ2v) is 3.84. The Kier molecular flexibility index (Phi) is 3.67. The van der Waals surface area contributed by atoms with Gasteiger partial charge in [0.05, 0.1) is 7.11 Å². The monoisotopic (exact) mass is 244 g/mol. The minimum Gasteiger partial charge on any atom is -0.493 e. The molecule has 1 heterocycles. The van der Waals surface area contributed by atoms with Crippen LogP contribution in [-0.4, -0.2) is 12.1 Å². The second-order valence-electron chi connectivity index (χ2n) is 3.84. The van der Waals surface area contributed by atoms with Gasteiger partial charge < -0.3 is 15.2 Å². The molecule has 0 amide bonds. The zero-order valence-corrected chi connectivity index (χ0v) is 10.5. The molecule has 1 aromatic heterocycles. The van der Waals surface area contributed by atoms with Crippen LogP contribution in [-0.2, 0) is 6.42 Å². The van der Waals surface area contributed by atoms with Gasteiger partial charge in [0.2, 0.25) is 5.88 Å². The van der Waals surface area contributed by atoms with Crippen molar-refractivity contribution < 1.29 is 9.47 Å². The topological polar surface area (TPSA) is 57.4 Å². The SMILES string of the molecule is CCc1ccc(Oc2cccc(N)n2)c(OC)c1. The Labute approximate surface area is 106 Å². The average Bonchev–Trinajstić information content (AvgIpc) is 2.39. The lowest BCUT2D eigenvalue weighted by atomic mass is 10.1. The Morgan fingerprint density at radius 3 is 2.67 bits per heavy atom. The lowest BCUT2D eigenvalue weighted by molar-refractivity contribution is 0.374. The molecule has 0 fully saturated rings. The summed E-state index contributed by atoms with van der Waals surface area (Å²) in [4.78, 5) is 4.09. The highest BCUT2D eigenvalue weighted by Gasteiger charge is 2.07. The summed E-state index contributed by atoms with van der Waals surface area (Å²) in [5.74, 6) is 2.21. The average molecular weight is 244 g/mol. The third-order valence-corrected chi connectivity index (χ3v) is 2.60. The summed E-state index contributed by atoms with van der Waals surface area (Å²) in [6.07, 6.45) is 0.952. The molecule has 94 valence electrons. The van der Waals surface area contributed by atoms with Crippen molar-refractivity contribution in [3.8, 4) is 17.4 Å². The number of hydrogen-bond donors (Lipinski definition) is 1. The van der Waals surface area contributed by atoms with Crippen LogP contribution in [0.15, 0.2) is 36.4 Å². The molecular weight excluding hydrogens is 228 g/mol. The van der Waals surface area contributed by atoms with Crippen molar-refractivity contribution in [1.29, 1.82) is 0 Å². The highest BCUT2D eigenvalue weighted by Crippen LogP contribution is 2.31. The van der Waals surface area contributed by atoms with Gasteiger partial charge in [-0.05, 0) is 30.2 Å². The number of benzene rings is 1. The molecule has 0 aliphatic rings. The van der Waals surface area contributed by atoms with Gasteiger partial charge in [-0.2, -0.15) is 4.98 Å². The lowest BCUT2D eigenvalue weighted by Gasteiger charge is -2.11. The predicted octanol–water partition coefficient (Wildman–Crippen LogP) is 3.03. The van der Waals surface area contributed by atoms with E-state index in [9.17, 15) is 0 Å². The number of aryl methyl sites for hydroxylation is 1. The summed E-state index contributed by atoms with van der Waals surface area (Å²) in [7, 11) is 1.62. The Bertz CT molecular complexity index is 541. The summed E-state index contributed by atoms with van der Waals surface area (Å²) in [6, 6.07) is 11.1. The molecule has 2 N–H and O–H groups in total. The molecule has 4 heteroatoms. The normalized spacial score (nSPS) is 10.1. The van der Waals surface area contributed by atoms with E-state index in [0.29, 0.717) is 23.2 Å². The van der Waals surface area contributed by atoms with Gasteiger partial charge in [-0.1, -0.05) is 19.1 Å². The molecule has 0 aliphatic carbocycles. The van der Waals surface area contributed by atoms with E-state index >= 15 is 0 Å². The smallest absolute Gasteiger partial charge is 0.221 e. The summed E-state index contributed by atoms with van der Waals surface area (Å²) in [6.45, 7) is 2.09. The van der Waals surface area contributed by atoms with E-state index in [2.05, 4.69) is 11.9 Å². The molecule has 0 saturated heterocycles. The van der Waals surface area contributed by atoms with Crippen LogP contribution >= 0.6 is 0 Å². The molecule has 2 aromatic rings. The fourth-order valence-corrected chi connectivity index (χ4v) is 1.62. The molecule has 0 radical (unpaired) electrons. The van der Waals surface area contributed by atoms with Crippen LogP contribution in [0.2, 0.25) is 0 Å². The standard InChI is InChI=1S/C14H16N2O2/c1-3-10-7-8-11(12(9-10)17-2)18-14-6-4-5-13(15)16-14/h4-9H,3H2,1-2H3,(H2,15,16). The van der Waals surface area contributed by atoms with Crippen molar-refractivity contribution in [3.05, 3.63) is 42.0 Å². The van der Waals surface area contributed by atoms with Crippen molar-refractivity contribution in [2.45, 2.75) is 13.3 Å². The Hall–Kier alpha value is -2.23. The van der Waals surface area contributed by atoms with E-state index in [4.69, 9.17) is 15.2 Å². The zero-order chi connectivity index (χ0) is 13.0. The Balaban J connectivity index is 2.28. The van der Waals surface area contributed by atoms with E-state index in [0.717, 1.165) is 6.42 Å². The molecule has 0 spiro atoms. The highest BCUT2D eigenvalue weighted by molar-refractivity contribution is 5.45. The molecule has 1 aromatic carbocycles. The molecule has 0 aliphatic heterocycles. The molecule has 2 rings (SSSR count). The molecule has 18 heavy (non-hydrogen) atoms. The largest absolute Gasteiger partial charge is 0.493 e. The number of pyridine rings is 1. The van der Waals surface area contributed by atoms with E-state index in [1.54, 1.807) is 25.3 Å². The van der Waals surface area contributed by atoms with Crippen molar-refractivity contribution in [2.24, 2.45) is 0 Å². The van der Waals surface area contributed by atoms with Crippen LogP contribution in [0.3, 0.4) is 0 Å². The van der Waals surface area contributed by atoms with Crippen LogP contribution in [0.25, 0.3) is 0 Å². The molecule has 4 nitrogen and oxygen atoms in total. The number of rotatable bonds is 4. The number of nitrogen functional groups attached to an aromatic ring is 1. The fourth-order valence-electron chi connectivity index (χ4n) is 1.62. The van der Waals surface area contributed by atoms with Gasteiger partial charge in [0, 0.05) is 6.07 Å². The van der Waals surface area contributed by atoms with Crippen molar-refractivity contribution in [2.75, 3.05) is 12.8 Å². The van der Waals surface area contributed by atoms with Crippen LogP contribution in [0.5, 0.6) is 17.4 Å². The van der Waals surface area contributed by atoms with Gasteiger partial charge in [-0.15, -0.1) is 0 Å². The first-order valence-corrected chi connectivity index (χ1v) is 5.80. The van der Waals surface area contributed by atoms with Crippen LogP contribution in [0.4, 0.5) is 5.82 Å². The maximum Gasteiger partial charge on any atom is 0.221 e. The van der Waals surface area contributed by atoms with E-state index in [1.165, 1.54) is 5.56 Å². The molecule has 0 saturated carbocycles. The van der Waals surface area contributed by atoms with Gasteiger partial charge in [-0.25, -0.2) is 0 Å². The molecule has 0 bridgehead atoms. The Morgan fingerprint density at radius 1 is 1.17 bits per heavy atom. The fraction of sp³-hybridized carbons (Fsp3) is 0.214. The van der Waals surface area contributed by atoms with Gasteiger partial charge >= 0.3 is 0 Å². The van der Waals surface area contributed by atoms with Crippen LogP contribution in [0, 0.1) is 0 Å². The summed E-state index contributed by atoms with van der Waals surface area (Å²) < 4.78 is 11.0. The number of aromatic nitrogens is 1. The van der Waals surface area contributed by atoms with Gasteiger partial charge in [0.25, 0.3) is 0 Å². The van der Waals surface area contributed by atoms with Gasteiger partial charge in [0.15, 0.2) is 11.5 Å². The minimum absolute atomic E-state index is 0.427. The minimum atomic E-state index is 0.427.